The Morgan fingerprint density at radius 3 is 1.07 bits per heavy atom. The highest BCUT2D eigenvalue weighted by Gasteiger charge is 1.95. The van der Waals surface area contributed by atoms with E-state index in [-0.39, 0.29) is 0 Å². The molecule has 29 heavy (non-hydrogen) atoms. The highest BCUT2D eigenvalue weighted by atomic mass is 79.9. The van der Waals surface area contributed by atoms with Gasteiger partial charge in [-0.3, -0.25) is 0 Å². The van der Waals surface area contributed by atoms with Gasteiger partial charge in [-0.05, 0) is 6.42 Å². The first-order chi connectivity index (χ1) is 14.4. The van der Waals surface area contributed by atoms with Crippen LogP contribution in [0.3, 0.4) is 0 Å². The van der Waals surface area contributed by atoms with Gasteiger partial charge in [-0.1, -0.05) is 87.1 Å². The zero-order valence-electron chi connectivity index (χ0n) is 19.0. The molecule has 0 atom stereocenters. The molecule has 0 aliphatic rings. The molecule has 5 nitrogen and oxygen atoms in total. The van der Waals surface area contributed by atoms with Gasteiger partial charge in [0.15, 0.2) is 0 Å². The standard InChI is InChI=1S/C23H47BrO5/c1-2-3-4-5-6-7-8-9-10-11-12-14-25-16-18-27-20-22-29-23-21-28-19-17-26-15-13-24/h2-23H2,1H3. The molecule has 0 bridgehead atoms. The first-order valence-electron chi connectivity index (χ1n) is 11.9. The summed E-state index contributed by atoms with van der Waals surface area (Å²) in [6, 6.07) is 0. The smallest absolute Gasteiger partial charge is 0.0701 e. The quantitative estimate of drug-likeness (QED) is 0.115. The molecule has 0 aromatic carbocycles. The maximum atomic E-state index is 5.62. The third-order valence-electron chi connectivity index (χ3n) is 4.60. The fraction of sp³-hybridized carbons (Fsp3) is 1.00. The molecule has 0 heterocycles. The number of halogens is 1. The predicted octanol–water partition coefficient (Wildman–Crippen LogP) is 5.78. The minimum Gasteiger partial charge on any atom is -0.379 e. The molecule has 0 spiro atoms. The van der Waals surface area contributed by atoms with Crippen molar-refractivity contribution in [3.05, 3.63) is 0 Å². The molecule has 0 amide bonds. The van der Waals surface area contributed by atoms with E-state index in [9.17, 15) is 0 Å². The van der Waals surface area contributed by atoms with Crippen LogP contribution in [0.5, 0.6) is 0 Å². The number of rotatable bonds is 26. The van der Waals surface area contributed by atoms with Crippen molar-refractivity contribution < 1.29 is 23.7 Å². The van der Waals surface area contributed by atoms with Gasteiger partial charge < -0.3 is 23.7 Å². The van der Waals surface area contributed by atoms with E-state index < -0.39 is 0 Å². The van der Waals surface area contributed by atoms with Crippen molar-refractivity contribution in [2.75, 3.05) is 71.4 Å². The lowest BCUT2D eigenvalue weighted by Crippen LogP contribution is -2.13. The zero-order valence-corrected chi connectivity index (χ0v) is 20.6. The Hall–Kier alpha value is 0.280. The zero-order chi connectivity index (χ0) is 21.1. The minimum atomic E-state index is 0.594. The van der Waals surface area contributed by atoms with Gasteiger partial charge in [0.2, 0.25) is 0 Å². The number of unbranched alkanes of at least 4 members (excludes halogenated alkanes) is 10. The maximum Gasteiger partial charge on any atom is 0.0701 e. The number of hydrogen-bond acceptors (Lipinski definition) is 5. The molecular weight excluding hydrogens is 436 g/mol. The second-order valence-corrected chi connectivity index (χ2v) is 8.08. The van der Waals surface area contributed by atoms with Crippen LogP contribution >= 0.6 is 15.9 Å². The van der Waals surface area contributed by atoms with E-state index in [4.69, 9.17) is 23.7 Å². The number of ether oxygens (including phenoxy) is 5. The molecule has 0 rings (SSSR count). The summed E-state index contributed by atoms with van der Waals surface area (Å²) in [7, 11) is 0. The van der Waals surface area contributed by atoms with Gasteiger partial charge in [0, 0.05) is 11.9 Å². The van der Waals surface area contributed by atoms with Crippen LogP contribution in [0.2, 0.25) is 0 Å². The monoisotopic (exact) mass is 482 g/mol. The molecule has 0 radical (unpaired) electrons. The van der Waals surface area contributed by atoms with Gasteiger partial charge in [-0.15, -0.1) is 0 Å². The van der Waals surface area contributed by atoms with Crippen molar-refractivity contribution in [1.82, 2.24) is 0 Å². The molecule has 0 aromatic heterocycles. The molecular formula is C23H47BrO5. The van der Waals surface area contributed by atoms with Gasteiger partial charge >= 0.3 is 0 Å². The van der Waals surface area contributed by atoms with E-state index in [1.807, 2.05) is 0 Å². The Kier molecular flexibility index (Phi) is 28.6. The number of hydrogen-bond donors (Lipinski definition) is 0. The SMILES string of the molecule is CCCCCCCCCCCCCOCCOCCOCCOCCOCCBr. The van der Waals surface area contributed by atoms with E-state index in [0.29, 0.717) is 52.9 Å². The molecule has 176 valence electrons. The molecule has 0 aliphatic heterocycles. The Labute approximate surface area is 188 Å². The topological polar surface area (TPSA) is 46.2 Å². The third-order valence-corrected chi connectivity index (χ3v) is 4.93. The van der Waals surface area contributed by atoms with Gasteiger partial charge in [-0.2, -0.15) is 0 Å². The third kappa shape index (κ3) is 28.3. The molecule has 0 aromatic rings. The summed E-state index contributed by atoms with van der Waals surface area (Å²) in [5.41, 5.74) is 0. The van der Waals surface area contributed by atoms with Crippen LogP contribution in [0, 0.1) is 0 Å². The fourth-order valence-electron chi connectivity index (χ4n) is 2.90. The molecule has 0 aliphatic carbocycles. The van der Waals surface area contributed by atoms with Crippen LogP contribution < -0.4 is 0 Å². The summed E-state index contributed by atoms with van der Waals surface area (Å²) >= 11 is 3.31. The van der Waals surface area contributed by atoms with Crippen LogP contribution in [0.15, 0.2) is 0 Å². The number of alkyl halides is 1. The van der Waals surface area contributed by atoms with Crippen molar-refractivity contribution in [1.29, 1.82) is 0 Å². The first-order valence-corrected chi connectivity index (χ1v) is 13.0. The van der Waals surface area contributed by atoms with Crippen LogP contribution in [-0.2, 0) is 23.7 Å². The highest BCUT2D eigenvalue weighted by Crippen LogP contribution is 2.11. The van der Waals surface area contributed by atoms with Crippen LogP contribution in [0.1, 0.15) is 77.6 Å². The average Bonchev–Trinajstić information content (AvgIpc) is 2.74. The first kappa shape index (κ1) is 29.3. The minimum absolute atomic E-state index is 0.594. The van der Waals surface area contributed by atoms with E-state index in [1.54, 1.807) is 0 Å². The van der Waals surface area contributed by atoms with Gasteiger partial charge in [0.25, 0.3) is 0 Å². The maximum absolute atomic E-state index is 5.62. The van der Waals surface area contributed by atoms with Crippen LogP contribution in [-0.4, -0.2) is 71.4 Å². The molecule has 0 saturated heterocycles. The molecule has 6 heteroatoms. The summed E-state index contributed by atoms with van der Waals surface area (Å²) in [5, 5.41) is 0.862. The largest absolute Gasteiger partial charge is 0.379 e. The van der Waals surface area contributed by atoms with Crippen LogP contribution in [0.4, 0.5) is 0 Å². The Morgan fingerprint density at radius 2 is 0.690 bits per heavy atom. The Morgan fingerprint density at radius 1 is 0.379 bits per heavy atom. The van der Waals surface area contributed by atoms with Gasteiger partial charge in [0.1, 0.15) is 0 Å². The second-order valence-electron chi connectivity index (χ2n) is 7.29. The van der Waals surface area contributed by atoms with E-state index in [0.717, 1.165) is 18.5 Å². The normalized spacial score (nSPS) is 11.4. The summed E-state index contributed by atoms with van der Waals surface area (Å²) in [4.78, 5) is 0. The Bertz CT molecular complexity index is 256. The molecule has 0 unspecified atom stereocenters. The van der Waals surface area contributed by atoms with Gasteiger partial charge in [0.05, 0.1) is 59.5 Å². The lowest BCUT2D eigenvalue weighted by molar-refractivity contribution is -0.0102. The lowest BCUT2D eigenvalue weighted by Gasteiger charge is -2.08. The van der Waals surface area contributed by atoms with Crippen LogP contribution in [0.25, 0.3) is 0 Å². The summed E-state index contributed by atoms with van der Waals surface area (Å²) in [6.45, 7) is 8.82. The predicted molar refractivity (Wildman–Crippen MR) is 124 cm³/mol. The summed E-state index contributed by atoms with van der Waals surface area (Å²) in [5.74, 6) is 0. The summed E-state index contributed by atoms with van der Waals surface area (Å²) < 4.78 is 27.2. The Balaban J connectivity index is 2.97. The highest BCUT2D eigenvalue weighted by molar-refractivity contribution is 9.09. The van der Waals surface area contributed by atoms with Crippen molar-refractivity contribution in [3.8, 4) is 0 Å². The van der Waals surface area contributed by atoms with Gasteiger partial charge in [-0.25, -0.2) is 0 Å². The molecule has 0 fully saturated rings. The lowest BCUT2D eigenvalue weighted by atomic mass is 10.1. The van der Waals surface area contributed by atoms with Crippen molar-refractivity contribution >= 4 is 15.9 Å². The van der Waals surface area contributed by atoms with Crippen molar-refractivity contribution in [2.45, 2.75) is 77.6 Å². The summed E-state index contributed by atoms with van der Waals surface area (Å²) in [6.07, 6.45) is 15.0. The van der Waals surface area contributed by atoms with E-state index in [1.165, 1.54) is 70.6 Å². The molecule has 0 N–H and O–H groups in total. The average molecular weight is 484 g/mol. The fourth-order valence-corrected chi connectivity index (χ4v) is 3.13. The van der Waals surface area contributed by atoms with Crippen molar-refractivity contribution in [2.24, 2.45) is 0 Å². The van der Waals surface area contributed by atoms with Crippen molar-refractivity contribution in [3.63, 3.8) is 0 Å². The van der Waals surface area contributed by atoms with E-state index in [2.05, 4.69) is 22.9 Å². The van der Waals surface area contributed by atoms with E-state index >= 15 is 0 Å². The second kappa shape index (κ2) is 28.3. The molecule has 0 saturated carbocycles.